The highest BCUT2D eigenvalue weighted by Crippen LogP contribution is 2.35. The van der Waals surface area contributed by atoms with Gasteiger partial charge in [0.2, 0.25) is 29.5 Å². The summed E-state index contributed by atoms with van der Waals surface area (Å²) < 4.78 is 38.6. The van der Waals surface area contributed by atoms with E-state index in [-0.39, 0.29) is 49.5 Å². The van der Waals surface area contributed by atoms with Crippen molar-refractivity contribution in [3.8, 4) is 45.3 Å². The number of ether oxygens (including phenoxy) is 2. The molecule has 3 aromatic carbocycles. The number of anilines is 3. The number of nitriles is 1. The lowest BCUT2D eigenvalue weighted by Gasteiger charge is -2.23. The van der Waals surface area contributed by atoms with E-state index in [1.165, 1.54) is 54.0 Å². The Bertz CT molecular complexity index is 3690. The smallest absolute Gasteiger partial charge is 0.407 e. The molecule has 2 unspecified atom stereocenters. The Morgan fingerprint density at radius 2 is 1.49 bits per heavy atom. The summed E-state index contributed by atoms with van der Waals surface area (Å²) in [6, 6.07) is 25.4. The standard InChI is InChI=1S/C60H61F2N13O8S2/c1-34-21-37(6-10-48(34)64)38-7-11-50(35(2)22-38)74-56(79)52(73-54(77)14-13-53(76)70-30-44-23-40(15-17-66-44)55(78)72-36(3)58(80)75-33-60(61,62)26-45(75)27-63)32-85-84-20-19-68-59(81)83-31-43-9-5-41(28-69-43)46-16-18-67-51-12-8-39(24-47(46)51)42-25-49(65)57(82-4)71-29-42/h5-12,15-18,21-25,28-29,36,45,52H,13-14,19-20,26,30-33,64-65H2,1-4H3,(H,68,81)(H,70,76)(H,72,78)(H,73,77)(H,74,79)/t36?,45-,52?/m0/s1. The maximum Gasteiger partial charge on any atom is 0.407 e. The lowest BCUT2D eigenvalue weighted by atomic mass is 9.98. The maximum absolute atomic E-state index is 14.0. The quantitative estimate of drug-likeness (QED) is 0.0182. The van der Waals surface area contributed by atoms with Crippen molar-refractivity contribution in [3.63, 3.8) is 0 Å². The van der Waals surface area contributed by atoms with Gasteiger partial charge in [0.05, 0.1) is 48.9 Å². The van der Waals surface area contributed by atoms with Gasteiger partial charge in [0, 0.05) is 95.6 Å². The fourth-order valence-electron chi connectivity index (χ4n) is 9.09. The summed E-state index contributed by atoms with van der Waals surface area (Å²) in [6.07, 6.45) is 4.46. The highest BCUT2D eigenvalue weighted by atomic mass is 33.1. The summed E-state index contributed by atoms with van der Waals surface area (Å²) in [5.41, 5.74) is 22.4. The highest BCUT2D eigenvalue weighted by Gasteiger charge is 2.48. The number of hydrogen-bond acceptors (Lipinski definition) is 17. The molecule has 0 aliphatic carbocycles. The van der Waals surface area contributed by atoms with Crippen LogP contribution in [0.2, 0.25) is 0 Å². The van der Waals surface area contributed by atoms with Gasteiger partial charge in [-0.1, -0.05) is 45.9 Å². The number of halogens is 2. The Morgan fingerprint density at radius 1 is 0.776 bits per heavy atom. The Labute approximate surface area is 496 Å². The van der Waals surface area contributed by atoms with Crippen molar-refractivity contribution in [1.82, 2.24) is 46.1 Å². The minimum Gasteiger partial charge on any atom is -0.480 e. The fourth-order valence-corrected chi connectivity index (χ4v) is 11.2. The number of pyridine rings is 4. The minimum absolute atomic E-state index is 0.0695. The zero-order chi connectivity index (χ0) is 60.8. The molecule has 9 N–H and O–H groups in total. The summed E-state index contributed by atoms with van der Waals surface area (Å²) >= 11 is 0. The van der Waals surface area contributed by atoms with Gasteiger partial charge in [0.15, 0.2) is 0 Å². The summed E-state index contributed by atoms with van der Waals surface area (Å²) in [5.74, 6) is -5.49. The van der Waals surface area contributed by atoms with Crippen molar-refractivity contribution >= 4 is 85.2 Å². The third kappa shape index (κ3) is 16.4. The number of amides is 6. The molecule has 0 spiro atoms. The van der Waals surface area contributed by atoms with Crippen molar-refractivity contribution in [3.05, 3.63) is 144 Å². The number of nitrogens with zero attached hydrogens (tertiary/aromatic N) is 6. The first-order valence-corrected chi connectivity index (χ1v) is 29.2. The average Bonchev–Trinajstić information content (AvgIpc) is 3.16. The van der Waals surface area contributed by atoms with Crippen LogP contribution in [-0.2, 0) is 37.1 Å². The van der Waals surface area contributed by atoms with Crippen molar-refractivity contribution in [2.75, 3.05) is 48.5 Å². The van der Waals surface area contributed by atoms with Crippen LogP contribution in [0.5, 0.6) is 5.88 Å². The molecule has 1 aliphatic rings. The number of alkyl carbamates (subject to hydrolysis) is 1. The van der Waals surface area contributed by atoms with Crippen LogP contribution >= 0.6 is 21.6 Å². The van der Waals surface area contributed by atoms with E-state index in [1.54, 1.807) is 42.9 Å². The maximum atomic E-state index is 14.0. The molecule has 25 heteroatoms. The summed E-state index contributed by atoms with van der Waals surface area (Å²) in [6.45, 7) is 4.17. The van der Waals surface area contributed by atoms with E-state index in [0.29, 0.717) is 34.4 Å². The number of likely N-dealkylation sites (tertiary alicyclic amines) is 1. The number of carbonyl (C=O) groups excluding carboxylic acids is 6. The molecule has 0 radical (unpaired) electrons. The van der Waals surface area contributed by atoms with E-state index in [0.717, 1.165) is 60.3 Å². The summed E-state index contributed by atoms with van der Waals surface area (Å²) in [4.78, 5) is 97.3. The molecule has 6 amide bonds. The molecule has 1 saturated heterocycles. The van der Waals surface area contributed by atoms with Crippen molar-refractivity contribution in [2.24, 2.45) is 0 Å². The number of alkyl halides is 2. The van der Waals surface area contributed by atoms with E-state index in [2.05, 4.69) is 46.5 Å². The Morgan fingerprint density at radius 3 is 2.22 bits per heavy atom. The van der Waals surface area contributed by atoms with E-state index in [4.69, 9.17) is 20.9 Å². The number of aromatic nitrogens is 4. The van der Waals surface area contributed by atoms with Gasteiger partial charge in [-0.05, 0) is 121 Å². The second kappa shape index (κ2) is 28.2. The first kappa shape index (κ1) is 61.7. The molecule has 440 valence electrons. The Hall–Kier alpha value is -9.41. The molecule has 1 aliphatic heterocycles. The zero-order valence-corrected chi connectivity index (χ0v) is 48.4. The number of aryl methyl sites for hydroxylation is 2. The number of nitrogen functional groups attached to an aromatic ring is 2. The van der Waals surface area contributed by atoms with Crippen LogP contribution in [0.3, 0.4) is 0 Å². The van der Waals surface area contributed by atoms with Crippen LogP contribution < -0.4 is 42.8 Å². The SMILES string of the molecule is COc1ncc(-c2ccc3nccc(-c4ccc(COC(=O)NCCSSCC(NC(=O)CCC(=O)NCc5cc(C(=O)NC(C)C(=O)N6CC(F)(F)C[C@H]6C#N)ccn5)C(=O)Nc5ccc(-c6ccc(N)c(C)c6)cc5C)nc4)c3c2)cc1N. The zero-order valence-electron chi connectivity index (χ0n) is 46.7. The molecule has 1 fully saturated rings. The van der Waals surface area contributed by atoms with Gasteiger partial charge >= 0.3 is 6.09 Å². The number of benzene rings is 3. The van der Waals surface area contributed by atoms with Crippen LogP contribution in [0.25, 0.3) is 44.3 Å². The van der Waals surface area contributed by atoms with E-state index >= 15 is 0 Å². The molecule has 8 rings (SSSR count). The third-order valence-electron chi connectivity index (χ3n) is 13.7. The van der Waals surface area contributed by atoms with Crippen LogP contribution in [-0.4, -0.2) is 116 Å². The van der Waals surface area contributed by atoms with Crippen LogP contribution in [0.15, 0.2) is 116 Å². The lowest BCUT2D eigenvalue weighted by molar-refractivity contribution is -0.134. The molecular formula is C60H61F2N13O8S2. The third-order valence-corrected chi connectivity index (χ3v) is 16.1. The number of hydrogen-bond donors (Lipinski definition) is 7. The molecule has 3 atom stereocenters. The number of nitrogens with two attached hydrogens (primary N) is 2. The van der Waals surface area contributed by atoms with Gasteiger partial charge in [-0.25, -0.2) is 18.6 Å². The van der Waals surface area contributed by atoms with E-state index < -0.39 is 72.6 Å². The second-order valence-electron chi connectivity index (χ2n) is 19.9. The molecule has 4 aromatic heterocycles. The number of methoxy groups -OCH3 is 1. The average molecular weight is 1190 g/mol. The van der Waals surface area contributed by atoms with Gasteiger partial charge in [-0.15, -0.1) is 0 Å². The monoisotopic (exact) mass is 1190 g/mol. The summed E-state index contributed by atoms with van der Waals surface area (Å²) in [7, 11) is 4.17. The Kier molecular flexibility index (Phi) is 20.5. The van der Waals surface area contributed by atoms with Crippen molar-refractivity contribution in [1.29, 1.82) is 5.26 Å². The molecule has 0 saturated carbocycles. The Balaban J connectivity index is 0.806. The van der Waals surface area contributed by atoms with Gasteiger partial charge < -0.3 is 52.4 Å². The first-order chi connectivity index (χ1) is 40.8. The minimum atomic E-state index is -3.22. The number of rotatable bonds is 23. The number of carbonyl (C=O) groups is 6. The fraction of sp³-hybridized carbons (Fsp3) is 0.283. The van der Waals surface area contributed by atoms with Gasteiger partial charge in [0.1, 0.15) is 24.7 Å². The highest BCUT2D eigenvalue weighted by molar-refractivity contribution is 8.76. The number of fused-ring (bicyclic) bond motifs is 1. The van der Waals surface area contributed by atoms with Crippen molar-refractivity contribution < 1.29 is 47.0 Å². The largest absolute Gasteiger partial charge is 0.480 e. The predicted octanol–water partition coefficient (Wildman–Crippen LogP) is 7.92. The molecular weight excluding hydrogens is 1130 g/mol. The van der Waals surface area contributed by atoms with Gasteiger partial charge in [-0.3, -0.25) is 38.9 Å². The van der Waals surface area contributed by atoms with Crippen LogP contribution in [0.1, 0.15) is 59.1 Å². The van der Waals surface area contributed by atoms with E-state index in [9.17, 15) is 42.8 Å². The van der Waals surface area contributed by atoms with Crippen molar-refractivity contribution in [2.45, 2.75) is 77.2 Å². The molecule has 7 aromatic rings. The molecule has 0 bridgehead atoms. The lowest BCUT2D eigenvalue weighted by Crippen LogP contribution is -2.48. The number of nitrogens with one attached hydrogen (secondary N) is 5. The molecule has 21 nitrogen and oxygen atoms in total. The topological polar surface area (TPSA) is 312 Å². The molecule has 85 heavy (non-hydrogen) atoms. The van der Waals surface area contributed by atoms with E-state index in [1.807, 2.05) is 74.5 Å². The van der Waals surface area contributed by atoms with Gasteiger partial charge in [0.25, 0.3) is 11.8 Å². The molecule has 5 heterocycles. The second-order valence-corrected chi connectivity index (χ2v) is 22.6. The summed E-state index contributed by atoms with van der Waals surface area (Å²) in [5, 5.41) is 23.7. The normalized spacial score (nSPS) is 14.1. The van der Waals surface area contributed by atoms with Gasteiger partial charge in [-0.2, -0.15) is 5.26 Å². The predicted molar refractivity (Wildman–Crippen MR) is 322 cm³/mol. The first-order valence-electron chi connectivity index (χ1n) is 26.7. The van der Waals surface area contributed by atoms with Crippen LogP contribution in [0.4, 0.5) is 30.6 Å². The van der Waals surface area contributed by atoms with Crippen LogP contribution in [0, 0.1) is 25.2 Å².